The van der Waals surface area contributed by atoms with Crippen LogP contribution < -0.4 is 0 Å². The minimum absolute atomic E-state index is 0.109. The van der Waals surface area contributed by atoms with E-state index in [1.807, 2.05) is 6.92 Å². The molecule has 0 aliphatic carbocycles. The molecule has 0 spiro atoms. The molecule has 0 amide bonds. The second-order valence-corrected chi connectivity index (χ2v) is 7.05. The van der Waals surface area contributed by atoms with Crippen LogP contribution in [0.1, 0.15) is 11.1 Å². The van der Waals surface area contributed by atoms with E-state index >= 15 is 0 Å². The van der Waals surface area contributed by atoms with E-state index in [2.05, 4.69) is 4.98 Å². The van der Waals surface area contributed by atoms with E-state index < -0.39 is 10.1 Å². The predicted molar refractivity (Wildman–Crippen MR) is 89.3 cm³/mol. The fourth-order valence-electron chi connectivity index (χ4n) is 2.28. The molecule has 0 aliphatic heterocycles. The van der Waals surface area contributed by atoms with Gasteiger partial charge in [0.2, 0.25) is 0 Å². The summed E-state index contributed by atoms with van der Waals surface area (Å²) in [5.74, 6) is -0.348. The van der Waals surface area contributed by atoms with Crippen LogP contribution in [0.3, 0.4) is 0 Å². The van der Waals surface area contributed by atoms with E-state index in [9.17, 15) is 12.8 Å². The van der Waals surface area contributed by atoms with Gasteiger partial charge in [-0.2, -0.15) is 8.42 Å². The van der Waals surface area contributed by atoms with Gasteiger partial charge in [0.1, 0.15) is 5.82 Å². The van der Waals surface area contributed by atoms with Crippen LogP contribution in [0, 0.1) is 12.7 Å². The third-order valence-electron chi connectivity index (χ3n) is 3.60. The topological polar surface area (TPSA) is 59.2 Å². The first-order valence-electron chi connectivity index (χ1n) is 7.34. The van der Waals surface area contributed by atoms with Gasteiger partial charge in [-0.1, -0.05) is 29.8 Å². The van der Waals surface area contributed by atoms with Crippen molar-refractivity contribution in [3.05, 3.63) is 77.7 Å². The van der Waals surface area contributed by atoms with Gasteiger partial charge in [-0.3, -0.25) is 4.18 Å². The van der Waals surface area contributed by atoms with Crippen LogP contribution in [-0.2, 0) is 20.9 Å². The maximum Gasteiger partial charge on any atom is 0.297 e. The van der Waals surface area contributed by atoms with Crippen molar-refractivity contribution in [2.24, 2.45) is 0 Å². The maximum absolute atomic E-state index is 13.8. The van der Waals surface area contributed by atoms with Crippen LogP contribution in [0.15, 0.2) is 65.7 Å². The number of hydrogen-bond acceptors (Lipinski definition) is 3. The second kappa shape index (κ2) is 6.59. The number of aryl methyl sites for hydroxylation is 1. The molecule has 1 heterocycles. The number of nitrogens with one attached hydrogen (secondary N) is 1. The van der Waals surface area contributed by atoms with Crippen molar-refractivity contribution >= 4 is 10.1 Å². The first-order valence-corrected chi connectivity index (χ1v) is 8.75. The van der Waals surface area contributed by atoms with Crippen molar-refractivity contribution in [1.82, 2.24) is 4.98 Å². The molecule has 0 fully saturated rings. The number of H-pyrrole nitrogens is 1. The molecule has 24 heavy (non-hydrogen) atoms. The minimum atomic E-state index is -3.83. The van der Waals surface area contributed by atoms with Crippen molar-refractivity contribution in [2.45, 2.75) is 18.4 Å². The molecule has 0 radical (unpaired) electrons. The molecule has 0 unspecified atom stereocenters. The Bertz CT molecular complexity index is 946. The van der Waals surface area contributed by atoms with E-state index in [0.717, 1.165) is 5.56 Å². The summed E-state index contributed by atoms with van der Waals surface area (Å²) in [5.41, 5.74) is 2.57. The summed E-state index contributed by atoms with van der Waals surface area (Å²) < 4.78 is 43.2. The van der Waals surface area contributed by atoms with Crippen LogP contribution >= 0.6 is 0 Å². The maximum atomic E-state index is 13.8. The molecule has 3 aromatic rings. The molecule has 0 saturated heterocycles. The Labute approximate surface area is 140 Å². The first kappa shape index (κ1) is 16.4. The van der Waals surface area contributed by atoms with Crippen molar-refractivity contribution < 1.29 is 17.0 Å². The average Bonchev–Trinajstić information content (AvgIpc) is 3.03. The Hall–Kier alpha value is -2.44. The molecule has 0 aliphatic rings. The molecule has 4 nitrogen and oxygen atoms in total. The van der Waals surface area contributed by atoms with Gasteiger partial charge >= 0.3 is 0 Å². The molecule has 2 aromatic carbocycles. The van der Waals surface area contributed by atoms with Gasteiger partial charge in [0.05, 0.1) is 11.5 Å². The molecule has 1 N–H and O–H groups in total. The summed E-state index contributed by atoms with van der Waals surface area (Å²) in [4.78, 5) is 3.04. The van der Waals surface area contributed by atoms with Gasteiger partial charge in [-0.05, 0) is 42.8 Å². The minimum Gasteiger partial charge on any atom is -0.361 e. The van der Waals surface area contributed by atoms with E-state index in [4.69, 9.17) is 4.18 Å². The van der Waals surface area contributed by atoms with Crippen molar-refractivity contribution in [1.29, 1.82) is 0 Å². The standard InChI is InChI=1S/C18H16FNO3S/c1-13-6-8-15(9-7-13)24(21,22)23-12-14-10-18(20-11-14)16-4-2-3-5-17(16)19/h2-11,20H,12H2,1H3. The zero-order valence-corrected chi connectivity index (χ0v) is 13.8. The van der Waals surface area contributed by atoms with Gasteiger partial charge in [0.15, 0.2) is 0 Å². The molecule has 0 bridgehead atoms. The summed E-state index contributed by atoms with van der Waals surface area (Å²) in [6.45, 7) is 1.75. The smallest absolute Gasteiger partial charge is 0.297 e. The lowest BCUT2D eigenvalue weighted by Gasteiger charge is -2.05. The van der Waals surface area contributed by atoms with Crippen molar-refractivity contribution in [2.75, 3.05) is 0 Å². The van der Waals surface area contributed by atoms with Crippen LogP contribution in [0.5, 0.6) is 0 Å². The highest BCUT2D eigenvalue weighted by molar-refractivity contribution is 7.86. The van der Waals surface area contributed by atoms with E-state index in [0.29, 0.717) is 16.8 Å². The van der Waals surface area contributed by atoms with Gasteiger partial charge in [0.25, 0.3) is 10.1 Å². The molecule has 3 rings (SSSR count). The summed E-state index contributed by atoms with van der Waals surface area (Å²) >= 11 is 0. The van der Waals surface area contributed by atoms with E-state index in [1.54, 1.807) is 42.6 Å². The molecular formula is C18H16FNO3S. The Balaban J connectivity index is 1.74. The van der Waals surface area contributed by atoms with Gasteiger partial charge in [-0.25, -0.2) is 4.39 Å². The summed E-state index contributed by atoms with van der Waals surface area (Å²) in [5, 5.41) is 0. The molecule has 1 aromatic heterocycles. The molecule has 0 saturated carbocycles. The lowest BCUT2D eigenvalue weighted by atomic mass is 10.1. The number of rotatable bonds is 5. The van der Waals surface area contributed by atoms with Gasteiger partial charge < -0.3 is 4.98 Å². The number of benzene rings is 2. The first-order chi connectivity index (χ1) is 11.5. The van der Waals surface area contributed by atoms with Crippen LogP contribution in [-0.4, -0.2) is 13.4 Å². The van der Waals surface area contributed by atoms with Crippen LogP contribution in [0.4, 0.5) is 4.39 Å². The molecular weight excluding hydrogens is 329 g/mol. The SMILES string of the molecule is Cc1ccc(S(=O)(=O)OCc2c[nH]c(-c3ccccc3F)c2)cc1. The highest BCUT2D eigenvalue weighted by Gasteiger charge is 2.16. The summed E-state index contributed by atoms with van der Waals surface area (Å²) in [7, 11) is -3.83. The van der Waals surface area contributed by atoms with Crippen molar-refractivity contribution in [3.63, 3.8) is 0 Å². The average molecular weight is 345 g/mol. The van der Waals surface area contributed by atoms with Gasteiger partial charge in [-0.15, -0.1) is 0 Å². The van der Waals surface area contributed by atoms with E-state index in [-0.39, 0.29) is 17.3 Å². The zero-order chi connectivity index (χ0) is 17.2. The largest absolute Gasteiger partial charge is 0.361 e. The number of aromatic amines is 1. The monoisotopic (exact) mass is 345 g/mol. The fourth-order valence-corrected chi connectivity index (χ4v) is 3.17. The molecule has 124 valence electrons. The fraction of sp³-hybridized carbons (Fsp3) is 0.111. The molecule has 6 heteroatoms. The zero-order valence-electron chi connectivity index (χ0n) is 13.0. The number of aromatic nitrogens is 1. The normalized spacial score (nSPS) is 11.6. The highest BCUT2D eigenvalue weighted by Crippen LogP contribution is 2.23. The Morgan fingerprint density at radius 2 is 1.79 bits per heavy atom. The Kier molecular flexibility index (Phi) is 4.51. The second-order valence-electron chi connectivity index (χ2n) is 5.43. The Morgan fingerprint density at radius 3 is 2.50 bits per heavy atom. The lowest BCUT2D eigenvalue weighted by molar-refractivity contribution is 0.308. The third-order valence-corrected chi connectivity index (χ3v) is 4.87. The summed E-state index contributed by atoms with van der Waals surface area (Å²) in [6.07, 6.45) is 1.60. The molecule has 0 atom stereocenters. The van der Waals surface area contributed by atoms with Crippen LogP contribution in [0.2, 0.25) is 0 Å². The van der Waals surface area contributed by atoms with Gasteiger partial charge in [0, 0.05) is 17.5 Å². The predicted octanol–water partition coefficient (Wildman–Crippen LogP) is 4.03. The third kappa shape index (κ3) is 3.55. The lowest BCUT2D eigenvalue weighted by Crippen LogP contribution is -2.06. The highest BCUT2D eigenvalue weighted by atomic mass is 32.2. The Morgan fingerprint density at radius 1 is 1.08 bits per heavy atom. The summed E-state index contributed by atoms with van der Waals surface area (Å²) in [6, 6.07) is 14.5. The van der Waals surface area contributed by atoms with Crippen molar-refractivity contribution in [3.8, 4) is 11.3 Å². The van der Waals surface area contributed by atoms with E-state index in [1.165, 1.54) is 18.2 Å². The number of halogens is 1. The number of hydrogen-bond donors (Lipinski definition) is 1. The quantitative estimate of drug-likeness (QED) is 0.710. The van der Waals surface area contributed by atoms with Crippen LogP contribution in [0.25, 0.3) is 11.3 Å².